The maximum atomic E-state index is 3.50. The molecule has 1 rings (SSSR count). The van der Waals surface area contributed by atoms with Gasteiger partial charge in [-0.25, -0.2) is 0 Å². The van der Waals surface area contributed by atoms with Gasteiger partial charge in [0.25, 0.3) is 0 Å². The normalized spacial score (nSPS) is 20.0. The second-order valence-corrected chi connectivity index (χ2v) is 3.98. The highest BCUT2D eigenvalue weighted by Crippen LogP contribution is 2.24. The Labute approximate surface area is 76.3 Å². The number of nitrogens with zero attached hydrogens (tertiary/aromatic N) is 1. The van der Waals surface area contributed by atoms with Gasteiger partial charge in [-0.2, -0.15) is 0 Å². The van der Waals surface area contributed by atoms with E-state index in [9.17, 15) is 0 Å². The molecule has 0 aromatic rings. The molecular formula is C10H22N2. The Balaban J connectivity index is 1.93. The van der Waals surface area contributed by atoms with Crippen LogP contribution in [-0.4, -0.2) is 37.1 Å². The van der Waals surface area contributed by atoms with Crippen LogP contribution in [0.3, 0.4) is 0 Å². The zero-order chi connectivity index (χ0) is 8.97. The van der Waals surface area contributed by atoms with Crippen LogP contribution >= 0.6 is 0 Å². The van der Waals surface area contributed by atoms with E-state index in [0.29, 0.717) is 6.04 Å². The van der Waals surface area contributed by atoms with Crippen molar-refractivity contribution in [1.82, 2.24) is 10.2 Å². The zero-order valence-electron chi connectivity index (χ0n) is 8.64. The van der Waals surface area contributed by atoms with E-state index in [1.165, 1.54) is 25.8 Å². The van der Waals surface area contributed by atoms with Crippen molar-refractivity contribution in [3.63, 3.8) is 0 Å². The number of hydrogen-bond acceptors (Lipinski definition) is 2. The van der Waals surface area contributed by atoms with E-state index >= 15 is 0 Å². The van der Waals surface area contributed by atoms with Gasteiger partial charge in [-0.05, 0) is 33.2 Å². The third kappa shape index (κ3) is 3.55. The molecule has 2 heteroatoms. The van der Waals surface area contributed by atoms with E-state index in [0.717, 1.165) is 12.6 Å². The Bertz CT molecular complexity index is 121. The first-order chi connectivity index (χ1) is 5.74. The van der Waals surface area contributed by atoms with Crippen LogP contribution in [-0.2, 0) is 0 Å². The largest absolute Gasteiger partial charge is 0.313 e. The van der Waals surface area contributed by atoms with Gasteiger partial charge in [-0.3, -0.25) is 0 Å². The van der Waals surface area contributed by atoms with Crippen molar-refractivity contribution >= 4 is 0 Å². The summed E-state index contributed by atoms with van der Waals surface area (Å²) in [4.78, 5) is 2.47. The van der Waals surface area contributed by atoms with Crippen LogP contribution in [0.5, 0.6) is 0 Å². The van der Waals surface area contributed by atoms with Gasteiger partial charge in [0, 0.05) is 25.2 Å². The minimum absolute atomic E-state index is 0.678. The highest BCUT2D eigenvalue weighted by atomic mass is 15.2. The minimum atomic E-state index is 0.678. The first kappa shape index (κ1) is 10.0. The molecule has 1 atom stereocenters. The molecule has 12 heavy (non-hydrogen) atoms. The van der Waals surface area contributed by atoms with Crippen molar-refractivity contribution < 1.29 is 0 Å². The first-order valence-corrected chi connectivity index (χ1v) is 5.17. The van der Waals surface area contributed by atoms with E-state index in [1.807, 2.05) is 0 Å². The summed E-state index contributed by atoms with van der Waals surface area (Å²) in [6.07, 6.45) is 4.06. The average Bonchev–Trinajstić information content (AvgIpc) is 2.86. The van der Waals surface area contributed by atoms with Crippen molar-refractivity contribution in [3.8, 4) is 0 Å². The Morgan fingerprint density at radius 1 is 1.50 bits per heavy atom. The third-order valence-electron chi connectivity index (χ3n) is 2.74. The van der Waals surface area contributed by atoms with Crippen molar-refractivity contribution in [2.75, 3.05) is 20.1 Å². The topological polar surface area (TPSA) is 15.3 Å². The molecule has 72 valence electrons. The maximum absolute atomic E-state index is 3.50. The molecule has 0 heterocycles. The van der Waals surface area contributed by atoms with Gasteiger partial charge in [-0.1, -0.05) is 6.92 Å². The molecule has 2 nitrogen and oxygen atoms in total. The monoisotopic (exact) mass is 170 g/mol. The zero-order valence-corrected chi connectivity index (χ0v) is 8.64. The summed E-state index contributed by atoms with van der Waals surface area (Å²) in [6.45, 7) is 6.82. The molecule has 0 aromatic carbocycles. The van der Waals surface area contributed by atoms with Crippen LogP contribution in [0.2, 0.25) is 0 Å². The van der Waals surface area contributed by atoms with Gasteiger partial charge < -0.3 is 10.2 Å². The summed E-state index contributed by atoms with van der Waals surface area (Å²) < 4.78 is 0. The number of rotatable bonds is 6. The van der Waals surface area contributed by atoms with Crippen LogP contribution in [0, 0.1) is 0 Å². The molecule has 0 saturated heterocycles. The standard InChI is InChI=1S/C10H22N2/c1-4-9(2)11-7-8-12(3)10-5-6-10/h9-11H,4-8H2,1-3H3. The van der Waals surface area contributed by atoms with Gasteiger partial charge in [0.15, 0.2) is 0 Å². The van der Waals surface area contributed by atoms with Gasteiger partial charge in [0.2, 0.25) is 0 Å². The fourth-order valence-corrected chi connectivity index (χ4v) is 1.33. The summed E-state index contributed by atoms with van der Waals surface area (Å²) in [5, 5.41) is 3.50. The molecule has 1 aliphatic carbocycles. The summed E-state index contributed by atoms with van der Waals surface area (Å²) in [6, 6.07) is 1.58. The molecule has 0 radical (unpaired) electrons. The predicted octanol–water partition coefficient (Wildman–Crippen LogP) is 1.47. The Morgan fingerprint density at radius 2 is 2.17 bits per heavy atom. The average molecular weight is 170 g/mol. The van der Waals surface area contributed by atoms with Gasteiger partial charge >= 0.3 is 0 Å². The summed E-state index contributed by atoms with van der Waals surface area (Å²) >= 11 is 0. The second kappa shape index (κ2) is 4.83. The lowest BCUT2D eigenvalue weighted by Gasteiger charge is -2.17. The lowest BCUT2D eigenvalue weighted by Crippen LogP contribution is -2.34. The minimum Gasteiger partial charge on any atom is -0.313 e. The summed E-state index contributed by atoms with van der Waals surface area (Å²) in [5.74, 6) is 0. The molecule has 0 aliphatic heterocycles. The molecule has 1 saturated carbocycles. The third-order valence-corrected chi connectivity index (χ3v) is 2.74. The van der Waals surface area contributed by atoms with Crippen molar-refractivity contribution in [2.24, 2.45) is 0 Å². The summed E-state index contributed by atoms with van der Waals surface area (Å²) in [7, 11) is 2.23. The summed E-state index contributed by atoms with van der Waals surface area (Å²) in [5.41, 5.74) is 0. The Kier molecular flexibility index (Phi) is 4.02. The lowest BCUT2D eigenvalue weighted by molar-refractivity contribution is 0.315. The smallest absolute Gasteiger partial charge is 0.0107 e. The van der Waals surface area contributed by atoms with E-state index in [4.69, 9.17) is 0 Å². The number of hydrogen-bond donors (Lipinski definition) is 1. The van der Waals surface area contributed by atoms with E-state index in [-0.39, 0.29) is 0 Å². The van der Waals surface area contributed by atoms with Crippen LogP contribution in [0.15, 0.2) is 0 Å². The molecule has 0 spiro atoms. The quantitative estimate of drug-likeness (QED) is 0.649. The van der Waals surface area contributed by atoms with Gasteiger partial charge in [0.1, 0.15) is 0 Å². The molecule has 1 aliphatic rings. The van der Waals surface area contributed by atoms with E-state index in [1.54, 1.807) is 0 Å². The van der Waals surface area contributed by atoms with Gasteiger partial charge in [0.05, 0.1) is 0 Å². The second-order valence-electron chi connectivity index (χ2n) is 3.98. The van der Waals surface area contributed by atoms with Crippen molar-refractivity contribution in [2.45, 2.75) is 45.2 Å². The van der Waals surface area contributed by atoms with E-state index < -0.39 is 0 Å². The molecule has 0 amide bonds. The first-order valence-electron chi connectivity index (χ1n) is 5.17. The molecule has 1 N–H and O–H groups in total. The fourth-order valence-electron chi connectivity index (χ4n) is 1.33. The Morgan fingerprint density at radius 3 is 2.67 bits per heavy atom. The fraction of sp³-hybridized carbons (Fsp3) is 1.00. The highest BCUT2D eigenvalue weighted by molar-refractivity contribution is 4.82. The highest BCUT2D eigenvalue weighted by Gasteiger charge is 2.25. The maximum Gasteiger partial charge on any atom is 0.0107 e. The predicted molar refractivity (Wildman–Crippen MR) is 53.4 cm³/mol. The number of nitrogens with one attached hydrogen (secondary N) is 1. The molecule has 0 bridgehead atoms. The molecule has 1 fully saturated rings. The lowest BCUT2D eigenvalue weighted by atomic mass is 10.2. The van der Waals surface area contributed by atoms with E-state index in [2.05, 4.69) is 31.1 Å². The Hall–Kier alpha value is -0.0800. The van der Waals surface area contributed by atoms with Gasteiger partial charge in [-0.15, -0.1) is 0 Å². The molecular weight excluding hydrogens is 148 g/mol. The SMILES string of the molecule is CCC(C)NCCN(C)C1CC1. The van der Waals surface area contributed by atoms with Crippen LogP contribution < -0.4 is 5.32 Å². The molecule has 1 unspecified atom stereocenters. The van der Waals surface area contributed by atoms with Crippen LogP contribution in [0.25, 0.3) is 0 Å². The number of likely N-dealkylation sites (N-methyl/N-ethyl adjacent to an activating group) is 1. The van der Waals surface area contributed by atoms with Crippen molar-refractivity contribution in [1.29, 1.82) is 0 Å². The van der Waals surface area contributed by atoms with Crippen molar-refractivity contribution in [3.05, 3.63) is 0 Å². The molecule has 0 aromatic heterocycles. The van der Waals surface area contributed by atoms with Crippen LogP contribution in [0.4, 0.5) is 0 Å². The van der Waals surface area contributed by atoms with Crippen LogP contribution in [0.1, 0.15) is 33.1 Å².